The van der Waals surface area contributed by atoms with E-state index in [0.29, 0.717) is 19.6 Å². The topological polar surface area (TPSA) is 59.6 Å². The van der Waals surface area contributed by atoms with Crippen LogP contribution < -0.4 is 10.6 Å². The van der Waals surface area contributed by atoms with Gasteiger partial charge in [-0.25, -0.2) is 0 Å². The summed E-state index contributed by atoms with van der Waals surface area (Å²) in [5.74, 6) is 0. The summed E-state index contributed by atoms with van der Waals surface area (Å²) in [7, 11) is 3.05. The molecule has 0 fully saturated rings. The summed E-state index contributed by atoms with van der Waals surface area (Å²) in [5.41, 5.74) is 0. The molecular formula is C12H27BN2O3. The molecule has 0 saturated heterocycles. The maximum Gasteiger partial charge on any atom is 0.138 e. The van der Waals surface area contributed by atoms with Crippen molar-refractivity contribution in [1.82, 2.24) is 10.6 Å². The number of hydrogen-bond acceptors (Lipinski definition) is 5. The van der Waals surface area contributed by atoms with Crippen molar-refractivity contribution in [2.75, 3.05) is 53.0 Å². The summed E-state index contributed by atoms with van der Waals surface area (Å²) in [6.07, 6.45) is 4.79. The quantitative estimate of drug-likeness (QED) is 0.238. The third-order valence-corrected chi connectivity index (χ3v) is 2.45. The van der Waals surface area contributed by atoms with Gasteiger partial charge in [0.25, 0.3) is 0 Å². The Labute approximate surface area is 111 Å². The zero-order chi connectivity index (χ0) is 13.3. The number of hydrogen-bond donors (Lipinski definition) is 2. The minimum atomic E-state index is 0.608. The van der Waals surface area contributed by atoms with Gasteiger partial charge in [0.15, 0.2) is 0 Å². The number of ether oxygens (including phenoxy) is 2. The third-order valence-electron chi connectivity index (χ3n) is 2.45. The zero-order valence-corrected chi connectivity index (χ0v) is 11.6. The van der Waals surface area contributed by atoms with E-state index in [-0.39, 0.29) is 0 Å². The van der Waals surface area contributed by atoms with E-state index in [0.717, 1.165) is 59.1 Å². The second-order valence-electron chi connectivity index (χ2n) is 4.09. The maximum absolute atomic E-state index is 10.1. The van der Waals surface area contributed by atoms with Gasteiger partial charge in [0.05, 0.1) is 19.8 Å². The minimum absolute atomic E-state index is 0.608. The molecule has 0 aromatic carbocycles. The highest BCUT2D eigenvalue weighted by Crippen LogP contribution is 1.90. The van der Waals surface area contributed by atoms with Crippen LogP contribution in [-0.4, -0.2) is 66.6 Å². The molecular weight excluding hydrogens is 231 g/mol. The highest BCUT2D eigenvalue weighted by atomic mass is 16.5. The Balaban J connectivity index is 2.88. The first-order chi connectivity index (χ1) is 8.91. The fraction of sp³-hybridized carbons (Fsp3) is 0.917. The number of rotatable bonds is 15. The van der Waals surface area contributed by atoms with Crippen LogP contribution >= 0.6 is 0 Å². The molecule has 6 heteroatoms. The van der Waals surface area contributed by atoms with E-state index in [9.17, 15) is 4.79 Å². The summed E-state index contributed by atoms with van der Waals surface area (Å²) in [5, 5.41) is 6.24. The van der Waals surface area contributed by atoms with E-state index in [1.54, 1.807) is 0 Å². The molecule has 18 heavy (non-hydrogen) atoms. The lowest BCUT2D eigenvalue weighted by atomic mass is 9.73. The molecule has 0 aromatic heterocycles. The molecule has 2 N–H and O–H groups in total. The first-order valence-electron chi connectivity index (χ1n) is 6.86. The van der Waals surface area contributed by atoms with Crippen molar-refractivity contribution >= 4 is 13.6 Å². The van der Waals surface area contributed by atoms with E-state index >= 15 is 0 Å². The Morgan fingerprint density at radius 3 is 2.61 bits per heavy atom. The van der Waals surface area contributed by atoms with Crippen molar-refractivity contribution in [1.29, 1.82) is 0 Å². The van der Waals surface area contributed by atoms with Crippen molar-refractivity contribution in [2.24, 2.45) is 0 Å². The van der Waals surface area contributed by atoms with Crippen LogP contribution in [0.25, 0.3) is 0 Å². The standard InChI is InChI=1S/C12H27BN2O3/c1-14-6-9-18-11-10-17-8-2-4-13-12-15-5-3-7-16/h7,13-15H,2-6,8-12H2,1H3. The van der Waals surface area contributed by atoms with E-state index < -0.39 is 0 Å². The second-order valence-corrected chi connectivity index (χ2v) is 4.09. The van der Waals surface area contributed by atoms with E-state index in [1.165, 1.54) is 0 Å². The Morgan fingerprint density at radius 2 is 1.89 bits per heavy atom. The average Bonchev–Trinajstić information content (AvgIpc) is 2.39. The minimum Gasteiger partial charge on any atom is -0.379 e. The van der Waals surface area contributed by atoms with Crippen molar-refractivity contribution < 1.29 is 14.3 Å². The number of carbonyl (C=O) groups is 1. The molecule has 0 aliphatic carbocycles. The predicted octanol–water partition coefficient (Wildman–Crippen LogP) is -0.380. The molecule has 0 aliphatic rings. The normalized spacial score (nSPS) is 10.5. The lowest BCUT2D eigenvalue weighted by Crippen LogP contribution is -2.21. The molecule has 0 heterocycles. The Kier molecular flexibility index (Phi) is 16.2. The molecule has 106 valence electrons. The van der Waals surface area contributed by atoms with Gasteiger partial charge in [0, 0.05) is 26.1 Å². The smallest absolute Gasteiger partial charge is 0.138 e. The molecule has 0 aromatic rings. The van der Waals surface area contributed by atoms with Crippen molar-refractivity contribution in [3.05, 3.63) is 0 Å². The second kappa shape index (κ2) is 16.6. The molecule has 0 saturated carbocycles. The van der Waals surface area contributed by atoms with Crippen LogP contribution in [-0.2, 0) is 14.3 Å². The summed E-state index contributed by atoms with van der Waals surface area (Å²) < 4.78 is 10.8. The highest BCUT2D eigenvalue weighted by molar-refractivity contribution is 6.35. The molecule has 0 aliphatic heterocycles. The first-order valence-corrected chi connectivity index (χ1v) is 6.86. The van der Waals surface area contributed by atoms with Gasteiger partial charge in [-0.15, -0.1) is 0 Å². The van der Waals surface area contributed by atoms with E-state index in [2.05, 4.69) is 10.6 Å². The number of nitrogens with one attached hydrogen (secondary N) is 2. The fourth-order valence-corrected chi connectivity index (χ4v) is 1.41. The van der Waals surface area contributed by atoms with Crippen LogP contribution in [0.15, 0.2) is 0 Å². The summed E-state index contributed by atoms with van der Waals surface area (Å²) in [4.78, 5) is 10.1. The van der Waals surface area contributed by atoms with Crippen LogP contribution in [0.2, 0.25) is 6.32 Å². The summed E-state index contributed by atoms with van der Waals surface area (Å²) >= 11 is 0. The van der Waals surface area contributed by atoms with Crippen LogP contribution in [0.5, 0.6) is 0 Å². The Bertz CT molecular complexity index is 173. The Hall–Kier alpha value is -0.425. The van der Waals surface area contributed by atoms with E-state index in [4.69, 9.17) is 9.47 Å². The maximum atomic E-state index is 10.1. The molecule has 5 nitrogen and oxygen atoms in total. The summed E-state index contributed by atoms with van der Waals surface area (Å²) in [6.45, 7) is 4.59. The first kappa shape index (κ1) is 17.6. The zero-order valence-electron chi connectivity index (χ0n) is 11.6. The van der Waals surface area contributed by atoms with Gasteiger partial charge in [0.1, 0.15) is 13.6 Å². The number of aldehydes is 1. The van der Waals surface area contributed by atoms with Crippen LogP contribution in [0.1, 0.15) is 12.8 Å². The monoisotopic (exact) mass is 258 g/mol. The summed E-state index contributed by atoms with van der Waals surface area (Å²) in [6, 6.07) is 0. The lowest BCUT2D eigenvalue weighted by molar-refractivity contribution is -0.107. The molecule has 0 bridgehead atoms. The molecule has 0 amide bonds. The van der Waals surface area contributed by atoms with Gasteiger partial charge in [-0.1, -0.05) is 6.32 Å². The van der Waals surface area contributed by atoms with E-state index in [1.807, 2.05) is 7.05 Å². The predicted molar refractivity (Wildman–Crippen MR) is 75.7 cm³/mol. The van der Waals surface area contributed by atoms with Crippen LogP contribution in [0, 0.1) is 0 Å². The number of likely N-dealkylation sites (N-methyl/N-ethyl adjacent to an activating group) is 1. The van der Waals surface area contributed by atoms with Crippen LogP contribution in [0.4, 0.5) is 0 Å². The fourth-order valence-electron chi connectivity index (χ4n) is 1.41. The average molecular weight is 258 g/mol. The SMILES string of the molecule is CNCCOCCOCCCBCNCCC=O. The lowest BCUT2D eigenvalue weighted by Gasteiger charge is -2.05. The van der Waals surface area contributed by atoms with Crippen LogP contribution in [0.3, 0.4) is 0 Å². The Morgan fingerprint density at radius 1 is 1.11 bits per heavy atom. The van der Waals surface area contributed by atoms with Gasteiger partial charge in [-0.05, 0) is 19.9 Å². The molecule has 0 radical (unpaired) electrons. The largest absolute Gasteiger partial charge is 0.379 e. The molecule has 0 unspecified atom stereocenters. The van der Waals surface area contributed by atoms with Crippen molar-refractivity contribution in [3.8, 4) is 0 Å². The highest BCUT2D eigenvalue weighted by Gasteiger charge is 1.93. The van der Waals surface area contributed by atoms with Gasteiger partial charge in [0.2, 0.25) is 0 Å². The van der Waals surface area contributed by atoms with Gasteiger partial charge >= 0.3 is 0 Å². The van der Waals surface area contributed by atoms with Crippen molar-refractivity contribution in [2.45, 2.75) is 19.2 Å². The molecule has 0 rings (SSSR count). The number of carbonyl (C=O) groups excluding carboxylic acids is 1. The van der Waals surface area contributed by atoms with Gasteiger partial charge in [-0.3, -0.25) is 0 Å². The van der Waals surface area contributed by atoms with Crippen molar-refractivity contribution in [3.63, 3.8) is 0 Å². The molecule has 0 atom stereocenters. The van der Waals surface area contributed by atoms with Gasteiger partial charge < -0.3 is 24.9 Å². The third kappa shape index (κ3) is 15.6. The molecule has 0 spiro atoms. The van der Waals surface area contributed by atoms with Gasteiger partial charge in [-0.2, -0.15) is 0 Å².